The number of fused-ring (bicyclic) bond motifs is 1. The minimum Gasteiger partial charge on any atom is -0.448 e. The highest BCUT2D eigenvalue weighted by atomic mass is 35.5. The van der Waals surface area contributed by atoms with Crippen LogP contribution in [0.1, 0.15) is 42.4 Å². The van der Waals surface area contributed by atoms with Crippen LogP contribution >= 0.6 is 23.2 Å². The van der Waals surface area contributed by atoms with Crippen LogP contribution in [0.2, 0.25) is 10.0 Å². The molecule has 2 aromatic carbocycles. The summed E-state index contributed by atoms with van der Waals surface area (Å²) >= 11 is 12.4. The lowest BCUT2D eigenvalue weighted by atomic mass is 10.0. The number of rotatable bonds is 4. The van der Waals surface area contributed by atoms with E-state index in [1.54, 1.807) is 63.2 Å². The minimum atomic E-state index is -0.953. The van der Waals surface area contributed by atoms with E-state index in [1.807, 2.05) is 0 Å². The molecule has 0 saturated heterocycles. The van der Waals surface area contributed by atoms with Crippen molar-refractivity contribution in [3.63, 3.8) is 0 Å². The molecule has 4 rings (SSSR count). The SMILES string of the molecule is CCOC(=O)n1nc2c(c1NC(=O)c1ccc(N)cc1)CN(C(=O)Nc1c(Cl)cccc1Cl)C2(C)C. The van der Waals surface area contributed by atoms with Crippen LogP contribution in [-0.2, 0) is 16.8 Å². The van der Waals surface area contributed by atoms with Crippen LogP contribution in [0.4, 0.5) is 26.8 Å². The van der Waals surface area contributed by atoms with Gasteiger partial charge in [0.05, 0.1) is 40.1 Å². The summed E-state index contributed by atoms with van der Waals surface area (Å²) < 4.78 is 6.13. The molecule has 0 radical (unpaired) electrons. The Hall–Kier alpha value is -3.76. The zero-order valence-corrected chi connectivity index (χ0v) is 21.3. The normalized spacial score (nSPS) is 13.8. The molecule has 4 N–H and O–H groups in total. The highest BCUT2D eigenvalue weighted by Gasteiger charge is 2.46. The lowest BCUT2D eigenvalue weighted by molar-refractivity contribution is 0.102. The molecule has 0 aliphatic carbocycles. The number of amides is 3. The van der Waals surface area contributed by atoms with Crippen molar-refractivity contribution in [3.8, 4) is 0 Å². The van der Waals surface area contributed by atoms with Gasteiger partial charge in [-0.1, -0.05) is 29.3 Å². The molecular weight excluding hydrogens is 507 g/mol. The molecule has 36 heavy (non-hydrogen) atoms. The van der Waals surface area contributed by atoms with E-state index >= 15 is 0 Å². The second-order valence-electron chi connectivity index (χ2n) is 8.53. The van der Waals surface area contributed by atoms with Crippen molar-refractivity contribution >= 4 is 58.4 Å². The number of urea groups is 1. The Morgan fingerprint density at radius 1 is 1.08 bits per heavy atom. The maximum atomic E-state index is 13.3. The Morgan fingerprint density at radius 2 is 1.72 bits per heavy atom. The van der Waals surface area contributed by atoms with Crippen molar-refractivity contribution < 1.29 is 19.1 Å². The van der Waals surface area contributed by atoms with Gasteiger partial charge in [0.15, 0.2) is 0 Å². The molecule has 0 spiro atoms. The second-order valence-corrected chi connectivity index (χ2v) is 9.35. The quantitative estimate of drug-likeness (QED) is 0.391. The van der Waals surface area contributed by atoms with Crippen molar-refractivity contribution in [1.29, 1.82) is 0 Å². The van der Waals surface area contributed by atoms with Gasteiger partial charge in [-0.15, -0.1) is 4.68 Å². The van der Waals surface area contributed by atoms with Crippen molar-refractivity contribution in [2.24, 2.45) is 0 Å². The first-order chi connectivity index (χ1) is 17.0. The third-order valence-electron chi connectivity index (χ3n) is 5.84. The fourth-order valence-electron chi connectivity index (χ4n) is 3.95. The predicted octanol–water partition coefficient (Wildman–Crippen LogP) is 5.31. The van der Waals surface area contributed by atoms with Crippen molar-refractivity contribution in [2.45, 2.75) is 32.9 Å². The lowest BCUT2D eigenvalue weighted by Crippen LogP contribution is -2.43. The molecule has 0 bridgehead atoms. The molecular formula is C24H24Cl2N6O4. The van der Waals surface area contributed by atoms with E-state index < -0.39 is 23.6 Å². The minimum absolute atomic E-state index is 0.0486. The van der Waals surface area contributed by atoms with Crippen LogP contribution in [0, 0.1) is 0 Å². The van der Waals surface area contributed by atoms with Gasteiger partial charge < -0.3 is 26.0 Å². The van der Waals surface area contributed by atoms with E-state index in [4.69, 9.17) is 33.7 Å². The van der Waals surface area contributed by atoms with Crippen LogP contribution in [-0.4, -0.2) is 39.3 Å². The molecule has 0 fully saturated rings. The molecule has 1 aliphatic rings. The molecule has 10 nitrogen and oxygen atoms in total. The number of benzene rings is 2. The average Bonchev–Trinajstić information content (AvgIpc) is 3.31. The standard InChI is InChI=1S/C24H24Cl2N6O4/c1-4-36-23(35)32-20(29-21(33)13-8-10-14(27)11-9-13)15-12-31(24(2,3)19(15)30-32)22(34)28-18-16(25)6-5-7-17(18)26/h5-11H,4,12,27H2,1-3H3,(H,28,34)(H,29,33). The van der Waals surface area contributed by atoms with E-state index in [0.29, 0.717) is 22.5 Å². The average molecular weight is 531 g/mol. The Balaban J connectivity index is 1.69. The van der Waals surface area contributed by atoms with Crippen LogP contribution in [0.5, 0.6) is 0 Å². The first-order valence-electron chi connectivity index (χ1n) is 11.0. The summed E-state index contributed by atoms with van der Waals surface area (Å²) in [6.45, 7) is 5.39. The van der Waals surface area contributed by atoms with Crippen LogP contribution in [0.25, 0.3) is 0 Å². The molecule has 12 heteroatoms. The molecule has 3 amide bonds. The molecule has 0 unspecified atom stereocenters. The first kappa shape index (κ1) is 25.3. The summed E-state index contributed by atoms with van der Waals surface area (Å²) in [5.41, 5.74) is 6.80. The largest absolute Gasteiger partial charge is 0.448 e. The molecule has 1 aliphatic heterocycles. The summed E-state index contributed by atoms with van der Waals surface area (Å²) in [6.07, 6.45) is -0.755. The van der Waals surface area contributed by atoms with Gasteiger partial charge in [0, 0.05) is 16.8 Å². The second kappa shape index (κ2) is 9.71. The number of carbonyl (C=O) groups excluding carboxylic acids is 3. The Morgan fingerprint density at radius 3 is 2.33 bits per heavy atom. The molecule has 0 saturated carbocycles. The molecule has 2 heterocycles. The smallest absolute Gasteiger partial charge is 0.436 e. The van der Waals surface area contributed by atoms with Crippen molar-refractivity contribution in [3.05, 3.63) is 69.3 Å². The van der Waals surface area contributed by atoms with Crippen LogP contribution in [0.3, 0.4) is 0 Å². The van der Waals surface area contributed by atoms with Gasteiger partial charge >= 0.3 is 12.1 Å². The number of halogens is 2. The number of carbonyl (C=O) groups is 3. The summed E-state index contributed by atoms with van der Waals surface area (Å²) in [4.78, 5) is 40.4. The summed E-state index contributed by atoms with van der Waals surface area (Å²) in [5, 5.41) is 10.5. The Kier molecular flexibility index (Phi) is 6.83. The number of hydrogen-bond donors (Lipinski definition) is 3. The zero-order valence-electron chi connectivity index (χ0n) is 19.8. The topological polar surface area (TPSA) is 132 Å². The van der Waals surface area contributed by atoms with Gasteiger partial charge in [0.1, 0.15) is 5.82 Å². The third kappa shape index (κ3) is 4.57. The predicted molar refractivity (Wildman–Crippen MR) is 138 cm³/mol. The van der Waals surface area contributed by atoms with Gasteiger partial charge in [-0.3, -0.25) is 4.79 Å². The number of para-hydroxylation sites is 1. The molecule has 3 aromatic rings. The number of nitrogen functional groups attached to an aromatic ring is 1. The fraction of sp³-hybridized carbons (Fsp3) is 0.250. The molecule has 188 valence electrons. The summed E-state index contributed by atoms with van der Waals surface area (Å²) in [7, 11) is 0. The number of nitrogens with two attached hydrogens (primary N) is 1. The zero-order chi connectivity index (χ0) is 26.2. The van der Waals surface area contributed by atoms with Gasteiger partial charge in [0.25, 0.3) is 5.91 Å². The summed E-state index contributed by atoms with van der Waals surface area (Å²) in [6, 6.07) is 10.7. The fourth-order valence-corrected chi connectivity index (χ4v) is 4.44. The van der Waals surface area contributed by atoms with Gasteiger partial charge in [-0.2, -0.15) is 5.10 Å². The van der Waals surface area contributed by atoms with E-state index in [2.05, 4.69) is 15.7 Å². The van der Waals surface area contributed by atoms with E-state index in [0.717, 1.165) is 4.68 Å². The van der Waals surface area contributed by atoms with E-state index in [-0.39, 0.29) is 34.7 Å². The van der Waals surface area contributed by atoms with Gasteiger partial charge in [-0.25, -0.2) is 9.59 Å². The number of aromatic nitrogens is 2. The Bertz CT molecular complexity index is 1330. The summed E-state index contributed by atoms with van der Waals surface area (Å²) in [5.74, 6) is -0.365. The highest BCUT2D eigenvalue weighted by Crippen LogP contribution is 2.42. The third-order valence-corrected chi connectivity index (χ3v) is 6.47. The Labute approximate surface area is 217 Å². The number of nitrogens with zero attached hydrogens (tertiary/aromatic N) is 3. The van der Waals surface area contributed by atoms with Crippen LogP contribution < -0.4 is 16.4 Å². The molecule has 1 aromatic heterocycles. The van der Waals surface area contributed by atoms with Crippen molar-refractivity contribution in [2.75, 3.05) is 23.0 Å². The number of nitrogens with one attached hydrogen (secondary N) is 2. The van der Waals surface area contributed by atoms with Crippen LogP contribution in [0.15, 0.2) is 42.5 Å². The first-order valence-corrected chi connectivity index (χ1v) is 11.8. The van der Waals surface area contributed by atoms with E-state index in [9.17, 15) is 14.4 Å². The maximum Gasteiger partial charge on any atom is 0.436 e. The molecule has 0 atom stereocenters. The highest BCUT2D eigenvalue weighted by molar-refractivity contribution is 6.39. The van der Waals surface area contributed by atoms with Gasteiger partial charge in [0.2, 0.25) is 0 Å². The number of hydrogen-bond acceptors (Lipinski definition) is 6. The van der Waals surface area contributed by atoms with E-state index in [1.165, 1.54) is 4.90 Å². The lowest BCUT2D eigenvalue weighted by Gasteiger charge is -2.32. The monoisotopic (exact) mass is 530 g/mol. The van der Waals surface area contributed by atoms with Gasteiger partial charge in [-0.05, 0) is 57.2 Å². The number of ether oxygens (including phenoxy) is 1. The van der Waals surface area contributed by atoms with Crippen molar-refractivity contribution in [1.82, 2.24) is 14.7 Å². The maximum absolute atomic E-state index is 13.3. The number of anilines is 3.